The zero-order valence-electron chi connectivity index (χ0n) is 27.7. The highest BCUT2D eigenvalue weighted by Gasteiger charge is 2.36. The maximum Gasteiger partial charge on any atom is 0.300 e. The number of aromatic hydroxyl groups is 1. The molecule has 2 amide bonds. The van der Waals surface area contributed by atoms with E-state index in [1.165, 1.54) is 12.1 Å². The summed E-state index contributed by atoms with van der Waals surface area (Å²) in [5.41, 5.74) is 15.5. The Morgan fingerprint density at radius 1 is 0.600 bits per heavy atom. The van der Waals surface area contributed by atoms with Crippen molar-refractivity contribution in [2.45, 2.75) is 14.7 Å². The van der Waals surface area contributed by atoms with E-state index in [9.17, 15) is 53.6 Å². The van der Waals surface area contributed by atoms with Gasteiger partial charge in [-0.05, 0) is 72.1 Å². The van der Waals surface area contributed by atoms with Crippen LogP contribution in [0.5, 0.6) is 5.75 Å². The molecule has 12 N–H and O–H groups in total. The van der Waals surface area contributed by atoms with E-state index < -0.39 is 74.0 Å². The number of nitrogen functional groups attached to an aromatic ring is 3. The van der Waals surface area contributed by atoms with E-state index in [0.717, 1.165) is 40.7 Å². The van der Waals surface area contributed by atoms with Crippen LogP contribution in [0, 0.1) is 0 Å². The standard InChI is InChI=1S/C34H26N6O12S3/c35-26-16-24-17(13-29(26)54(47,48)49)14-30(55(50,51)52)31(32(24)41)39-38-28-12-11-27(21-10-9-20(15-25(21)28)53(44,45)46)37-36-18-5-7-19(8-6-18)40-33(42)22-3-1-2-4-23(22)34(40)43/h1-16,36-39,41H,35H2,(H,44,45,46)(H,47,48,49)(H,50,51,52)/p+2. The monoisotopic (exact) mass is 808 g/mol. The van der Waals surface area contributed by atoms with Gasteiger partial charge in [-0.1, -0.05) is 18.2 Å². The number of amides is 2. The van der Waals surface area contributed by atoms with Crippen molar-refractivity contribution in [3.63, 3.8) is 0 Å². The molecule has 0 atom stereocenters. The Hall–Kier alpha value is -6.17. The Morgan fingerprint density at radius 2 is 1.16 bits per heavy atom. The topological polar surface area (TPSA) is 304 Å². The molecular weight excluding hydrogens is 781 g/mol. The van der Waals surface area contributed by atoms with Gasteiger partial charge in [-0.15, -0.1) is 0 Å². The lowest BCUT2D eigenvalue weighted by Gasteiger charge is -2.16. The fourth-order valence-electron chi connectivity index (χ4n) is 6.19. The van der Waals surface area contributed by atoms with Gasteiger partial charge in [0, 0.05) is 28.3 Å². The number of nitrogens with two attached hydrogens (primary N) is 3. The summed E-state index contributed by atoms with van der Waals surface area (Å²) in [6, 6.07) is 22.4. The number of nitrogens with zero attached hydrogens (tertiary/aromatic N) is 1. The Labute approximate surface area is 311 Å². The van der Waals surface area contributed by atoms with E-state index in [0.29, 0.717) is 33.6 Å². The Bertz CT molecular complexity index is 2940. The molecule has 282 valence electrons. The third-order valence-corrected chi connectivity index (χ3v) is 11.5. The summed E-state index contributed by atoms with van der Waals surface area (Å²) in [5, 5.41) is 11.4. The summed E-state index contributed by atoms with van der Waals surface area (Å²) in [5.74, 6) is -1.64. The van der Waals surface area contributed by atoms with E-state index in [2.05, 4.69) is 10.9 Å². The highest BCUT2D eigenvalue weighted by Crippen LogP contribution is 2.39. The molecule has 0 spiro atoms. The number of hydrogen-bond acceptors (Lipinski definition) is 12. The van der Waals surface area contributed by atoms with Crippen molar-refractivity contribution in [3.05, 3.63) is 108 Å². The number of hydrogen-bond donors (Lipinski definition) is 9. The smallest absolute Gasteiger partial charge is 0.300 e. The predicted octanol–water partition coefficient (Wildman–Crippen LogP) is 2.27. The van der Waals surface area contributed by atoms with Crippen LogP contribution in [0.25, 0.3) is 21.5 Å². The molecule has 0 radical (unpaired) electrons. The molecule has 0 fully saturated rings. The van der Waals surface area contributed by atoms with Crippen LogP contribution in [0.2, 0.25) is 0 Å². The highest BCUT2D eigenvalue weighted by molar-refractivity contribution is 7.86. The maximum absolute atomic E-state index is 12.9. The summed E-state index contributed by atoms with van der Waals surface area (Å²) in [6.45, 7) is 0. The molecule has 0 saturated heterocycles. The average molecular weight is 809 g/mol. The third kappa shape index (κ3) is 6.88. The van der Waals surface area contributed by atoms with Crippen LogP contribution in [0.15, 0.2) is 112 Å². The Kier molecular flexibility index (Phi) is 8.98. The van der Waals surface area contributed by atoms with Crippen molar-refractivity contribution in [1.82, 2.24) is 0 Å². The highest BCUT2D eigenvalue weighted by atomic mass is 32.2. The number of phenols is 1. The van der Waals surface area contributed by atoms with Crippen LogP contribution < -0.4 is 32.3 Å². The first kappa shape index (κ1) is 37.2. The molecule has 0 saturated carbocycles. The van der Waals surface area contributed by atoms with Crippen molar-refractivity contribution < 1.29 is 64.5 Å². The largest absolute Gasteiger partial charge is 0.502 e. The molecule has 1 heterocycles. The molecule has 0 bridgehead atoms. The molecule has 18 nitrogen and oxygen atoms in total. The van der Waals surface area contributed by atoms with Gasteiger partial charge in [0.1, 0.15) is 4.90 Å². The van der Waals surface area contributed by atoms with E-state index in [1.54, 1.807) is 60.0 Å². The normalized spacial score (nSPS) is 13.4. The molecule has 6 aromatic carbocycles. The summed E-state index contributed by atoms with van der Waals surface area (Å²) < 4.78 is 102. The van der Waals surface area contributed by atoms with Crippen LogP contribution in [-0.4, -0.2) is 55.8 Å². The third-order valence-electron chi connectivity index (χ3n) is 8.80. The van der Waals surface area contributed by atoms with E-state index in [1.807, 2.05) is 0 Å². The number of phenolic OH excluding ortho intramolecular Hbond substituents is 1. The minimum absolute atomic E-state index is 0.137. The quantitative estimate of drug-likeness (QED) is 0.0239. The number of carbonyl (C=O) groups excluding carboxylic acids is 2. The van der Waals surface area contributed by atoms with E-state index in [4.69, 9.17) is 5.73 Å². The number of anilines is 4. The van der Waals surface area contributed by atoms with Gasteiger partial charge < -0.3 is 10.8 Å². The number of imide groups is 1. The summed E-state index contributed by atoms with van der Waals surface area (Å²) in [4.78, 5) is 24.8. The summed E-state index contributed by atoms with van der Waals surface area (Å²) in [7, 11) is -14.6. The van der Waals surface area contributed by atoms with Gasteiger partial charge in [0.2, 0.25) is 5.69 Å². The molecule has 0 aliphatic carbocycles. The molecule has 55 heavy (non-hydrogen) atoms. The first-order valence-electron chi connectivity index (χ1n) is 15.7. The fraction of sp³-hybridized carbons (Fsp3) is 0. The van der Waals surface area contributed by atoms with Gasteiger partial charge in [0.25, 0.3) is 32.1 Å². The van der Waals surface area contributed by atoms with E-state index in [-0.39, 0.29) is 21.8 Å². The molecule has 6 aromatic rings. The number of carbonyl (C=O) groups is 2. The van der Waals surface area contributed by atoms with Gasteiger partial charge in [-0.2, -0.15) is 25.3 Å². The number of rotatable bonds is 10. The minimum Gasteiger partial charge on any atom is -0.502 e. The number of fused-ring (bicyclic) bond motifs is 3. The first-order chi connectivity index (χ1) is 25.8. The van der Waals surface area contributed by atoms with Crippen molar-refractivity contribution in [3.8, 4) is 5.75 Å². The minimum atomic E-state index is -5.08. The summed E-state index contributed by atoms with van der Waals surface area (Å²) in [6.07, 6.45) is 0. The van der Waals surface area contributed by atoms with Gasteiger partial charge in [-0.3, -0.25) is 23.2 Å². The zero-order chi connectivity index (χ0) is 39.6. The Morgan fingerprint density at radius 3 is 1.75 bits per heavy atom. The maximum atomic E-state index is 12.9. The van der Waals surface area contributed by atoms with Gasteiger partial charge in [-0.25, -0.2) is 26.6 Å². The van der Waals surface area contributed by atoms with Crippen LogP contribution >= 0.6 is 0 Å². The lowest BCUT2D eigenvalue weighted by Crippen LogP contribution is -2.83. The second-order valence-electron chi connectivity index (χ2n) is 12.2. The lowest BCUT2D eigenvalue weighted by molar-refractivity contribution is -0.541. The van der Waals surface area contributed by atoms with Crippen molar-refractivity contribution >= 4 is 97.8 Å². The molecule has 1 aliphatic heterocycles. The van der Waals surface area contributed by atoms with Crippen molar-refractivity contribution in [2.75, 3.05) is 21.5 Å². The molecule has 1 aliphatic rings. The second-order valence-corrected chi connectivity index (χ2v) is 16.4. The second kappa shape index (κ2) is 13.3. The van der Waals surface area contributed by atoms with Crippen LogP contribution in [0.1, 0.15) is 20.7 Å². The van der Waals surface area contributed by atoms with E-state index >= 15 is 0 Å². The fourth-order valence-corrected chi connectivity index (χ4v) is 8.04. The van der Waals surface area contributed by atoms with Crippen LogP contribution in [0.4, 0.5) is 34.1 Å². The number of nitrogens with one attached hydrogen (secondary N) is 2. The predicted molar refractivity (Wildman–Crippen MR) is 198 cm³/mol. The van der Waals surface area contributed by atoms with Gasteiger partial charge in [0.15, 0.2) is 16.3 Å². The number of quaternary nitrogens is 2. The van der Waals surface area contributed by atoms with Gasteiger partial charge >= 0.3 is 10.1 Å². The van der Waals surface area contributed by atoms with Crippen LogP contribution in [-0.2, 0) is 30.4 Å². The Balaban J connectivity index is 1.20. The van der Waals surface area contributed by atoms with Crippen molar-refractivity contribution in [1.29, 1.82) is 0 Å². The van der Waals surface area contributed by atoms with Gasteiger partial charge in [0.05, 0.1) is 38.8 Å². The zero-order valence-corrected chi connectivity index (χ0v) is 30.1. The molecule has 21 heteroatoms. The first-order valence-corrected chi connectivity index (χ1v) is 20.0. The lowest BCUT2D eigenvalue weighted by atomic mass is 10.1. The SMILES string of the molecule is Nc1cc2c(O)c([NH2+]Nc3ccc(N[NH2+]c4ccc(N5C(=O)c6ccccc6C5=O)cc4)c4ccc(S(=O)(=O)O)cc34)c(S(=O)(=O)O)cc2cc1S(=O)(=O)O. The molecule has 7 rings (SSSR count). The molecular formula is C34H28N6O12S3+2. The average Bonchev–Trinajstić information content (AvgIpc) is 3.38. The van der Waals surface area contributed by atoms with Crippen LogP contribution in [0.3, 0.4) is 0 Å². The molecule has 0 aromatic heterocycles. The van der Waals surface area contributed by atoms with Crippen molar-refractivity contribution in [2.24, 2.45) is 0 Å². The summed E-state index contributed by atoms with van der Waals surface area (Å²) >= 11 is 0. The molecule has 0 unspecified atom stereocenters. The number of benzene rings is 6.